The third-order valence-electron chi connectivity index (χ3n) is 3.15. The number of fused-ring (bicyclic) bond motifs is 1. The highest BCUT2D eigenvalue weighted by molar-refractivity contribution is 9.09. The fraction of sp³-hybridized carbons (Fsp3) is 0.333. The van der Waals surface area contributed by atoms with Gasteiger partial charge in [-0.05, 0) is 41.4 Å². The van der Waals surface area contributed by atoms with Crippen LogP contribution in [0.4, 0.5) is 0 Å². The summed E-state index contributed by atoms with van der Waals surface area (Å²) in [5.74, 6) is 2.71. The SMILES string of the molecule is CC1COc2ccc(C(Br)c3ccc(Cl)o3)cc2OC1. The molecule has 20 heavy (non-hydrogen) atoms. The van der Waals surface area contributed by atoms with Crippen molar-refractivity contribution >= 4 is 27.5 Å². The van der Waals surface area contributed by atoms with Gasteiger partial charge in [0.05, 0.1) is 18.0 Å². The van der Waals surface area contributed by atoms with Crippen molar-refractivity contribution in [2.45, 2.75) is 11.8 Å². The molecule has 2 atom stereocenters. The Hall–Kier alpha value is -1.13. The summed E-state index contributed by atoms with van der Waals surface area (Å²) in [6.07, 6.45) is 0. The van der Waals surface area contributed by atoms with Crippen LogP contribution in [0.5, 0.6) is 11.5 Å². The summed E-state index contributed by atoms with van der Waals surface area (Å²) in [4.78, 5) is -0.0652. The van der Waals surface area contributed by atoms with Crippen molar-refractivity contribution in [1.29, 1.82) is 0 Å². The van der Waals surface area contributed by atoms with E-state index >= 15 is 0 Å². The Kier molecular flexibility index (Phi) is 3.94. The second-order valence-electron chi connectivity index (χ2n) is 4.94. The molecule has 1 aromatic carbocycles. The number of halogens is 2. The van der Waals surface area contributed by atoms with Crippen LogP contribution in [0.25, 0.3) is 0 Å². The highest BCUT2D eigenvalue weighted by Gasteiger charge is 2.19. The lowest BCUT2D eigenvalue weighted by molar-refractivity contribution is 0.228. The molecule has 5 heteroatoms. The number of furan rings is 1. The number of benzene rings is 1. The van der Waals surface area contributed by atoms with E-state index in [1.54, 1.807) is 6.07 Å². The van der Waals surface area contributed by atoms with Crippen LogP contribution < -0.4 is 9.47 Å². The molecule has 0 N–H and O–H groups in total. The third-order valence-corrected chi connectivity index (χ3v) is 4.33. The molecule has 0 aliphatic carbocycles. The van der Waals surface area contributed by atoms with E-state index in [2.05, 4.69) is 22.9 Å². The monoisotopic (exact) mass is 356 g/mol. The van der Waals surface area contributed by atoms with E-state index in [0.717, 1.165) is 22.8 Å². The lowest BCUT2D eigenvalue weighted by Gasteiger charge is -2.12. The van der Waals surface area contributed by atoms with Gasteiger partial charge in [0.2, 0.25) is 0 Å². The summed E-state index contributed by atoms with van der Waals surface area (Å²) < 4.78 is 16.9. The zero-order valence-corrected chi connectivity index (χ0v) is 13.3. The number of alkyl halides is 1. The molecule has 3 rings (SSSR count). The van der Waals surface area contributed by atoms with Gasteiger partial charge in [-0.2, -0.15) is 0 Å². The van der Waals surface area contributed by atoms with Crippen LogP contribution in [0, 0.1) is 5.92 Å². The van der Waals surface area contributed by atoms with Crippen LogP contribution >= 0.6 is 27.5 Å². The molecule has 1 aliphatic rings. The quantitative estimate of drug-likeness (QED) is 0.722. The van der Waals surface area contributed by atoms with E-state index in [1.165, 1.54) is 0 Å². The van der Waals surface area contributed by atoms with Gasteiger partial charge in [0, 0.05) is 5.92 Å². The van der Waals surface area contributed by atoms with Crippen molar-refractivity contribution in [3.05, 3.63) is 46.9 Å². The minimum absolute atomic E-state index is 0.0652. The van der Waals surface area contributed by atoms with Crippen molar-refractivity contribution in [2.24, 2.45) is 5.92 Å². The Morgan fingerprint density at radius 2 is 1.90 bits per heavy atom. The Morgan fingerprint density at radius 1 is 1.15 bits per heavy atom. The molecular formula is C15H14BrClO3. The van der Waals surface area contributed by atoms with Crippen LogP contribution in [0.2, 0.25) is 5.22 Å². The predicted molar refractivity (Wildman–Crippen MR) is 81.1 cm³/mol. The van der Waals surface area contributed by atoms with Crippen molar-refractivity contribution in [3.63, 3.8) is 0 Å². The molecule has 0 spiro atoms. The van der Waals surface area contributed by atoms with Crippen LogP contribution in [-0.4, -0.2) is 13.2 Å². The molecule has 2 aromatic rings. The normalized spacial score (nSPS) is 19.4. The maximum Gasteiger partial charge on any atom is 0.193 e. The zero-order valence-electron chi connectivity index (χ0n) is 10.9. The predicted octanol–water partition coefficient (Wildman–Crippen LogP) is 4.82. The summed E-state index contributed by atoms with van der Waals surface area (Å²) in [6.45, 7) is 3.44. The van der Waals surface area contributed by atoms with Crippen LogP contribution in [-0.2, 0) is 0 Å². The Morgan fingerprint density at radius 3 is 2.60 bits per heavy atom. The Bertz CT molecular complexity index is 611. The van der Waals surface area contributed by atoms with E-state index in [-0.39, 0.29) is 4.83 Å². The summed E-state index contributed by atoms with van der Waals surface area (Å²) in [5, 5.41) is 0.382. The average molecular weight is 358 g/mol. The van der Waals surface area contributed by atoms with E-state index in [0.29, 0.717) is 24.4 Å². The first-order valence-electron chi connectivity index (χ1n) is 6.42. The van der Waals surface area contributed by atoms with E-state index in [1.807, 2.05) is 24.3 Å². The first-order valence-corrected chi connectivity index (χ1v) is 7.71. The molecule has 0 saturated heterocycles. The summed E-state index contributed by atoms with van der Waals surface area (Å²) >= 11 is 9.43. The van der Waals surface area contributed by atoms with E-state index in [9.17, 15) is 0 Å². The average Bonchev–Trinajstić information content (AvgIpc) is 2.80. The van der Waals surface area contributed by atoms with E-state index in [4.69, 9.17) is 25.5 Å². The van der Waals surface area contributed by atoms with Gasteiger partial charge < -0.3 is 13.9 Å². The highest BCUT2D eigenvalue weighted by atomic mass is 79.9. The summed E-state index contributed by atoms with van der Waals surface area (Å²) in [5.41, 5.74) is 1.04. The van der Waals surface area contributed by atoms with Gasteiger partial charge in [0.25, 0.3) is 0 Å². The van der Waals surface area contributed by atoms with Crippen molar-refractivity contribution in [3.8, 4) is 11.5 Å². The van der Waals surface area contributed by atoms with Crippen LogP contribution in [0.15, 0.2) is 34.7 Å². The molecule has 0 fully saturated rings. The Labute approximate surface area is 130 Å². The lowest BCUT2D eigenvalue weighted by Crippen LogP contribution is -2.12. The molecule has 3 nitrogen and oxygen atoms in total. The molecule has 1 aliphatic heterocycles. The molecule has 0 radical (unpaired) electrons. The second kappa shape index (κ2) is 5.70. The molecular weight excluding hydrogens is 344 g/mol. The standard InChI is InChI=1S/C15H14BrClO3/c1-9-7-18-11-3-2-10(6-13(11)19-8-9)15(16)12-4-5-14(17)20-12/h2-6,9,15H,7-8H2,1H3. The number of hydrogen-bond donors (Lipinski definition) is 0. The minimum atomic E-state index is -0.0652. The molecule has 2 unspecified atom stereocenters. The highest BCUT2D eigenvalue weighted by Crippen LogP contribution is 2.38. The van der Waals surface area contributed by atoms with Gasteiger partial charge >= 0.3 is 0 Å². The van der Waals surface area contributed by atoms with Gasteiger partial charge in [0.15, 0.2) is 16.7 Å². The second-order valence-corrected chi connectivity index (χ2v) is 6.23. The first-order chi connectivity index (χ1) is 9.63. The van der Waals surface area contributed by atoms with Crippen molar-refractivity contribution in [2.75, 3.05) is 13.2 Å². The maximum absolute atomic E-state index is 5.81. The summed E-state index contributed by atoms with van der Waals surface area (Å²) in [7, 11) is 0. The minimum Gasteiger partial charge on any atom is -0.489 e. The van der Waals surface area contributed by atoms with Gasteiger partial charge in [-0.15, -0.1) is 0 Å². The van der Waals surface area contributed by atoms with Gasteiger partial charge in [-0.1, -0.05) is 28.9 Å². The third kappa shape index (κ3) is 2.81. The number of ether oxygens (including phenoxy) is 2. The molecule has 0 bridgehead atoms. The van der Waals surface area contributed by atoms with E-state index < -0.39 is 0 Å². The lowest BCUT2D eigenvalue weighted by atomic mass is 10.1. The Balaban J connectivity index is 1.88. The molecule has 106 valence electrons. The number of hydrogen-bond acceptors (Lipinski definition) is 3. The molecule has 1 aromatic heterocycles. The van der Waals surface area contributed by atoms with Gasteiger partial charge in [-0.25, -0.2) is 0 Å². The summed E-state index contributed by atoms with van der Waals surface area (Å²) in [6, 6.07) is 9.49. The smallest absolute Gasteiger partial charge is 0.193 e. The molecule has 0 saturated carbocycles. The molecule has 0 amide bonds. The fourth-order valence-electron chi connectivity index (χ4n) is 2.06. The topological polar surface area (TPSA) is 31.6 Å². The number of rotatable bonds is 2. The fourth-order valence-corrected chi connectivity index (χ4v) is 2.74. The van der Waals surface area contributed by atoms with Gasteiger partial charge in [0.1, 0.15) is 5.76 Å². The maximum atomic E-state index is 5.81. The first kappa shape index (κ1) is 13.8. The van der Waals surface area contributed by atoms with Crippen molar-refractivity contribution < 1.29 is 13.9 Å². The zero-order chi connectivity index (χ0) is 14.1. The molecule has 2 heterocycles. The van der Waals surface area contributed by atoms with Crippen LogP contribution in [0.3, 0.4) is 0 Å². The van der Waals surface area contributed by atoms with Crippen LogP contribution in [0.1, 0.15) is 23.1 Å². The van der Waals surface area contributed by atoms with Gasteiger partial charge in [-0.3, -0.25) is 0 Å². The van der Waals surface area contributed by atoms with Crippen molar-refractivity contribution in [1.82, 2.24) is 0 Å². The largest absolute Gasteiger partial charge is 0.489 e.